The van der Waals surface area contributed by atoms with E-state index in [-0.39, 0.29) is 18.4 Å². The van der Waals surface area contributed by atoms with Gasteiger partial charge in [0.25, 0.3) is 5.91 Å². The third kappa shape index (κ3) is 3.51. The molecule has 6 heteroatoms. The second-order valence-corrected chi connectivity index (χ2v) is 7.89. The van der Waals surface area contributed by atoms with Crippen molar-refractivity contribution in [1.82, 2.24) is 5.32 Å². The maximum Gasteiger partial charge on any atom is 0.330 e. The first-order valence-electron chi connectivity index (χ1n) is 9.25. The van der Waals surface area contributed by atoms with Gasteiger partial charge in [0.15, 0.2) is 11.6 Å². The van der Waals surface area contributed by atoms with E-state index in [4.69, 9.17) is 0 Å². The van der Waals surface area contributed by atoms with Gasteiger partial charge in [-0.25, -0.2) is 13.6 Å². The summed E-state index contributed by atoms with van der Waals surface area (Å²) < 4.78 is 27.7. The Kier molecular flexibility index (Phi) is 5.24. The molecule has 0 saturated carbocycles. The number of aliphatic carboxylic acids is 1. The molecule has 1 aliphatic rings. The van der Waals surface area contributed by atoms with Crippen molar-refractivity contribution in [3.05, 3.63) is 69.8 Å². The molecule has 0 aromatic heterocycles. The molecule has 2 aromatic rings. The summed E-state index contributed by atoms with van der Waals surface area (Å²) in [7, 11) is 0. The number of amides is 1. The number of carboxylic acid groups (broad SMARTS) is 1. The van der Waals surface area contributed by atoms with Crippen LogP contribution in [0.4, 0.5) is 8.78 Å². The molecule has 3 rings (SSSR count). The molecule has 0 bridgehead atoms. The molecule has 0 heterocycles. The van der Waals surface area contributed by atoms with Crippen LogP contribution in [0.5, 0.6) is 0 Å². The molecule has 2 N–H and O–H groups in total. The zero-order chi connectivity index (χ0) is 20.6. The Morgan fingerprint density at radius 3 is 2.54 bits per heavy atom. The number of fused-ring (bicyclic) bond motifs is 1. The van der Waals surface area contributed by atoms with Crippen LogP contribution >= 0.6 is 0 Å². The average Bonchev–Trinajstić information content (AvgIpc) is 3.00. The van der Waals surface area contributed by atoms with Crippen molar-refractivity contribution in [1.29, 1.82) is 0 Å². The van der Waals surface area contributed by atoms with Gasteiger partial charge in [-0.1, -0.05) is 32.0 Å². The van der Waals surface area contributed by atoms with Gasteiger partial charge < -0.3 is 10.4 Å². The Morgan fingerprint density at radius 2 is 1.89 bits per heavy atom. The highest BCUT2D eigenvalue weighted by Gasteiger charge is 2.47. The second-order valence-electron chi connectivity index (χ2n) is 7.89. The lowest BCUT2D eigenvalue weighted by Crippen LogP contribution is -2.55. The number of hydrogen-bond acceptors (Lipinski definition) is 2. The zero-order valence-electron chi connectivity index (χ0n) is 16.1. The van der Waals surface area contributed by atoms with E-state index in [1.807, 2.05) is 26.8 Å². The monoisotopic (exact) mass is 387 g/mol. The predicted molar refractivity (Wildman–Crippen MR) is 101 cm³/mol. The van der Waals surface area contributed by atoms with E-state index in [1.54, 1.807) is 12.1 Å². The lowest BCUT2D eigenvalue weighted by molar-refractivity contribution is -0.144. The van der Waals surface area contributed by atoms with Gasteiger partial charge in [-0.05, 0) is 53.6 Å². The smallest absolute Gasteiger partial charge is 0.330 e. The van der Waals surface area contributed by atoms with E-state index in [1.165, 1.54) is 6.07 Å². The Balaban J connectivity index is 1.96. The Hall–Kier alpha value is -2.76. The molecule has 0 fully saturated rings. The number of benzene rings is 2. The van der Waals surface area contributed by atoms with Gasteiger partial charge in [0.2, 0.25) is 0 Å². The summed E-state index contributed by atoms with van der Waals surface area (Å²) in [5.74, 6) is -3.55. The third-order valence-electron chi connectivity index (χ3n) is 5.29. The Morgan fingerprint density at radius 1 is 1.18 bits per heavy atom. The Bertz CT molecular complexity index is 955. The molecule has 0 spiro atoms. The van der Waals surface area contributed by atoms with Crippen LogP contribution in [0.3, 0.4) is 0 Å². The summed E-state index contributed by atoms with van der Waals surface area (Å²) >= 11 is 0. The number of carboxylic acids is 1. The summed E-state index contributed by atoms with van der Waals surface area (Å²) in [5.41, 5.74) is 0.934. The van der Waals surface area contributed by atoms with Crippen LogP contribution in [0.15, 0.2) is 30.3 Å². The van der Waals surface area contributed by atoms with Gasteiger partial charge in [0, 0.05) is 18.4 Å². The van der Waals surface area contributed by atoms with Crippen LogP contribution in [0.2, 0.25) is 0 Å². The second kappa shape index (κ2) is 7.34. The number of halogens is 2. The van der Waals surface area contributed by atoms with E-state index in [0.29, 0.717) is 23.5 Å². The summed E-state index contributed by atoms with van der Waals surface area (Å²) in [5, 5.41) is 12.4. The van der Waals surface area contributed by atoms with Crippen LogP contribution in [-0.4, -0.2) is 22.5 Å². The minimum absolute atomic E-state index is 0.00865. The van der Waals surface area contributed by atoms with Crippen LogP contribution in [0.25, 0.3) is 0 Å². The van der Waals surface area contributed by atoms with Gasteiger partial charge >= 0.3 is 5.97 Å². The molecule has 28 heavy (non-hydrogen) atoms. The van der Waals surface area contributed by atoms with E-state index in [0.717, 1.165) is 17.2 Å². The third-order valence-corrected chi connectivity index (χ3v) is 5.29. The molecule has 0 aliphatic heterocycles. The highest BCUT2D eigenvalue weighted by molar-refractivity contribution is 5.99. The molecular weight excluding hydrogens is 364 g/mol. The number of aryl methyl sites for hydroxylation is 1. The quantitative estimate of drug-likeness (QED) is 0.820. The maximum atomic E-state index is 14.1. The number of rotatable bonds is 5. The van der Waals surface area contributed by atoms with Crippen LogP contribution < -0.4 is 5.32 Å². The number of nitrogens with one attached hydrogen (secondary N) is 1. The maximum absolute atomic E-state index is 14.1. The average molecular weight is 387 g/mol. The number of carbonyl (C=O) groups excluding carboxylic acids is 1. The van der Waals surface area contributed by atoms with Gasteiger partial charge in [-0.3, -0.25) is 4.79 Å². The lowest BCUT2D eigenvalue weighted by atomic mass is 9.91. The molecule has 1 amide bonds. The van der Waals surface area contributed by atoms with E-state index >= 15 is 0 Å². The number of carbonyl (C=O) groups is 2. The van der Waals surface area contributed by atoms with Gasteiger partial charge in [-0.2, -0.15) is 0 Å². The van der Waals surface area contributed by atoms with Gasteiger partial charge in [0.1, 0.15) is 5.54 Å². The molecule has 0 saturated heterocycles. The molecule has 0 radical (unpaired) electrons. The topological polar surface area (TPSA) is 66.4 Å². The summed E-state index contributed by atoms with van der Waals surface area (Å²) in [6.45, 7) is 5.99. The standard InChI is InChI=1S/C22H23F2NO3/c1-12(2)9-16-13(3)5-4-6-15(16)20(26)25-22(21(27)28)10-14-7-8-18(23)19(24)17(14)11-22/h4-8,12H,9-11H2,1-3H3,(H,25,26)(H,27,28). The van der Waals surface area contributed by atoms with Crippen molar-refractivity contribution < 1.29 is 23.5 Å². The van der Waals surface area contributed by atoms with Crippen molar-refractivity contribution in [2.24, 2.45) is 5.92 Å². The van der Waals surface area contributed by atoms with E-state index in [9.17, 15) is 23.5 Å². The molecule has 148 valence electrons. The van der Waals surface area contributed by atoms with Crippen molar-refractivity contribution >= 4 is 11.9 Å². The zero-order valence-corrected chi connectivity index (χ0v) is 16.1. The van der Waals surface area contributed by atoms with Crippen molar-refractivity contribution in [3.8, 4) is 0 Å². The predicted octanol–water partition coefficient (Wildman–Crippen LogP) is 3.82. The fourth-order valence-electron chi connectivity index (χ4n) is 3.85. The number of hydrogen-bond donors (Lipinski definition) is 2. The first-order chi connectivity index (χ1) is 13.1. The van der Waals surface area contributed by atoms with Crippen LogP contribution in [0, 0.1) is 24.5 Å². The molecule has 4 nitrogen and oxygen atoms in total. The fourth-order valence-corrected chi connectivity index (χ4v) is 3.85. The normalized spacial score (nSPS) is 18.2. The summed E-state index contributed by atoms with van der Waals surface area (Å²) in [6.07, 6.45) is 0.291. The molecule has 1 unspecified atom stereocenters. The van der Waals surface area contributed by atoms with Gasteiger partial charge in [-0.15, -0.1) is 0 Å². The highest BCUT2D eigenvalue weighted by Crippen LogP contribution is 2.34. The minimum atomic E-state index is -1.70. The van der Waals surface area contributed by atoms with Crippen molar-refractivity contribution in [3.63, 3.8) is 0 Å². The van der Waals surface area contributed by atoms with Gasteiger partial charge in [0.05, 0.1) is 0 Å². The largest absolute Gasteiger partial charge is 0.479 e. The first-order valence-corrected chi connectivity index (χ1v) is 9.25. The van der Waals surface area contributed by atoms with Crippen molar-refractivity contribution in [2.45, 2.75) is 45.6 Å². The first kappa shape index (κ1) is 20.0. The SMILES string of the molecule is Cc1cccc(C(=O)NC2(C(=O)O)Cc3ccc(F)c(F)c3C2)c1CC(C)C. The fraction of sp³-hybridized carbons (Fsp3) is 0.364. The van der Waals surface area contributed by atoms with Crippen LogP contribution in [0.1, 0.15) is 46.5 Å². The Labute approximate surface area is 162 Å². The summed E-state index contributed by atoms with van der Waals surface area (Å²) in [4.78, 5) is 25.1. The highest BCUT2D eigenvalue weighted by atomic mass is 19.2. The molecule has 1 atom stereocenters. The molecule has 2 aromatic carbocycles. The van der Waals surface area contributed by atoms with E-state index < -0.39 is 29.0 Å². The molecule has 1 aliphatic carbocycles. The lowest BCUT2D eigenvalue weighted by Gasteiger charge is -2.26. The molecular formula is C22H23F2NO3. The van der Waals surface area contributed by atoms with Crippen LogP contribution in [-0.2, 0) is 24.1 Å². The van der Waals surface area contributed by atoms with E-state index in [2.05, 4.69) is 5.32 Å². The summed E-state index contributed by atoms with van der Waals surface area (Å²) in [6, 6.07) is 7.68. The van der Waals surface area contributed by atoms with Crippen molar-refractivity contribution in [2.75, 3.05) is 0 Å². The minimum Gasteiger partial charge on any atom is -0.479 e.